The molecule has 1 aromatic carbocycles. The monoisotopic (exact) mass is 221 g/mol. The van der Waals surface area contributed by atoms with Crippen LogP contribution < -0.4 is 5.32 Å². The van der Waals surface area contributed by atoms with Crippen LogP contribution in [-0.4, -0.2) is 16.5 Å². The highest BCUT2D eigenvalue weighted by molar-refractivity contribution is 6.30. The largest absolute Gasteiger partial charge is 0.355 e. The van der Waals surface area contributed by atoms with Gasteiger partial charge in [0, 0.05) is 24.0 Å². The van der Waals surface area contributed by atoms with E-state index >= 15 is 0 Å². The zero-order chi connectivity index (χ0) is 10.5. The maximum atomic E-state index is 5.80. The van der Waals surface area contributed by atoms with Crippen molar-refractivity contribution in [2.24, 2.45) is 0 Å². The van der Waals surface area contributed by atoms with Crippen molar-refractivity contribution in [3.8, 4) is 0 Å². The number of hydrogen-bond donors (Lipinski definition) is 2. The molecule has 0 aliphatic heterocycles. The van der Waals surface area contributed by atoms with Crippen molar-refractivity contribution in [1.82, 2.24) is 9.97 Å². The summed E-state index contributed by atoms with van der Waals surface area (Å²) in [5.41, 5.74) is 1.26. The molecule has 0 spiro atoms. The Morgan fingerprint density at radius 2 is 2.07 bits per heavy atom. The molecule has 0 bridgehead atoms. The molecule has 0 unspecified atom stereocenters. The van der Waals surface area contributed by atoms with Crippen LogP contribution in [-0.2, 0) is 6.42 Å². The van der Waals surface area contributed by atoms with Crippen LogP contribution in [0, 0.1) is 0 Å². The molecule has 0 aliphatic rings. The lowest BCUT2D eigenvalue weighted by Gasteiger charge is -2.03. The first kappa shape index (κ1) is 10.1. The number of aromatic amines is 1. The summed E-state index contributed by atoms with van der Waals surface area (Å²) in [6.45, 7) is 0.856. The van der Waals surface area contributed by atoms with Crippen LogP contribution in [0.25, 0.3) is 0 Å². The van der Waals surface area contributed by atoms with E-state index in [2.05, 4.69) is 15.3 Å². The highest BCUT2D eigenvalue weighted by Gasteiger charge is 1.95. The van der Waals surface area contributed by atoms with E-state index in [0.717, 1.165) is 23.9 Å². The number of rotatable bonds is 4. The Hall–Kier alpha value is -1.48. The van der Waals surface area contributed by atoms with Crippen LogP contribution in [0.4, 0.5) is 5.95 Å². The highest BCUT2D eigenvalue weighted by Crippen LogP contribution is 2.09. The fourth-order valence-electron chi connectivity index (χ4n) is 1.34. The molecule has 0 saturated carbocycles. The smallest absolute Gasteiger partial charge is 0.200 e. The molecule has 0 amide bonds. The molecule has 78 valence electrons. The Morgan fingerprint density at radius 3 is 2.73 bits per heavy atom. The molecule has 2 aromatic rings. The minimum atomic E-state index is 0.776. The Balaban J connectivity index is 1.81. The Kier molecular flexibility index (Phi) is 3.25. The van der Waals surface area contributed by atoms with Crippen LogP contribution >= 0.6 is 11.6 Å². The summed E-state index contributed by atoms with van der Waals surface area (Å²) in [6.07, 6.45) is 4.48. The highest BCUT2D eigenvalue weighted by atomic mass is 35.5. The van der Waals surface area contributed by atoms with E-state index < -0.39 is 0 Å². The fourth-order valence-corrected chi connectivity index (χ4v) is 1.46. The van der Waals surface area contributed by atoms with Gasteiger partial charge in [-0.3, -0.25) is 0 Å². The van der Waals surface area contributed by atoms with Crippen molar-refractivity contribution < 1.29 is 0 Å². The Bertz CT molecular complexity index is 394. The lowest BCUT2D eigenvalue weighted by Crippen LogP contribution is -2.05. The summed E-state index contributed by atoms with van der Waals surface area (Å²) in [5, 5.41) is 3.96. The molecular weight excluding hydrogens is 210 g/mol. The third-order valence-electron chi connectivity index (χ3n) is 2.12. The molecule has 0 aliphatic carbocycles. The van der Waals surface area contributed by atoms with Gasteiger partial charge in [-0.05, 0) is 24.1 Å². The SMILES string of the molecule is Clc1ccc(CCNc2ncc[nH]2)cc1. The van der Waals surface area contributed by atoms with Gasteiger partial charge in [0.25, 0.3) is 0 Å². The van der Waals surface area contributed by atoms with Crippen LogP contribution in [0.1, 0.15) is 5.56 Å². The van der Waals surface area contributed by atoms with Gasteiger partial charge >= 0.3 is 0 Å². The molecule has 2 N–H and O–H groups in total. The molecule has 0 radical (unpaired) electrons. The lowest BCUT2D eigenvalue weighted by molar-refractivity contribution is 0.998. The number of benzene rings is 1. The molecule has 2 rings (SSSR count). The molecule has 0 saturated heterocycles. The second kappa shape index (κ2) is 4.84. The van der Waals surface area contributed by atoms with E-state index in [1.807, 2.05) is 24.3 Å². The molecule has 0 fully saturated rings. The minimum Gasteiger partial charge on any atom is -0.355 e. The van der Waals surface area contributed by atoms with Gasteiger partial charge in [0.05, 0.1) is 0 Å². The van der Waals surface area contributed by atoms with E-state index in [1.54, 1.807) is 12.4 Å². The Labute approximate surface area is 93.5 Å². The van der Waals surface area contributed by atoms with Crippen LogP contribution in [0.2, 0.25) is 5.02 Å². The predicted molar refractivity (Wildman–Crippen MR) is 62.2 cm³/mol. The minimum absolute atomic E-state index is 0.776. The third-order valence-corrected chi connectivity index (χ3v) is 2.37. The summed E-state index contributed by atoms with van der Waals surface area (Å²) < 4.78 is 0. The zero-order valence-corrected chi connectivity index (χ0v) is 8.96. The molecule has 1 heterocycles. The number of hydrogen-bond acceptors (Lipinski definition) is 2. The van der Waals surface area contributed by atoms with Gasteiger partial charge in [-0.15, -0.1) is 0 Å². The van der Waals surface area contributed by atoms with Gasteiger partial charge in [0.15, 0.2) is 5.95 Å². The quantitative estimate of drug-likeness (QED) is 0.834. The molecule has 0 atom stereocenters. The number of imidazole rings is 1. The van der Waals surface area contributed by atoms with Crippen LogP contribution in [0.5, 0.6) is 0 Å². The van der Waals surface area contributed by atoms with Crippen LogP contribution in [0.15, 0.2) is 36.7 Å². The Morgan fingerprint density at radius 1 is 1.27 bits per heavy atom. The number of H-pyrrole nitrogens is 1. The summed E-state index contributed by atoms with van der Waals surface area (Å²) in [7, 11) is 0. The van der Waals surface area contributed by atoms with Crippen LogP contribution in [0.3, 0.4) is 0 Å². The van der Waals surface area contributed by atoms with E-state index in [-0.39, 0.29) is 0 Å². The summed E-state index contributed by atoms with van der Waals surface area (Å²) in [5.74, 6) is 0.809. The van der Waals surface area contributed by atoms with Gasteiger partial charge in [0.1, 0.15) is 0 Å². The normalized spacial score (nSPS) is 10.2. The maximum Gasteiger partial charge on any atom is 0.200 e. The van der Waals surface area contributed by atoms with Gasteiger partial charge in [0.2, 0.25) is 0 Å². The van der Waals surface area contributed by atoms with Crippen molar-refractivity contribution in [1.29, 1.82) is 0 Å². The molecular formula is C11H12ClN3. The summed E-state index contributed by atoms with van der Waals surface area (Å²) >= 11 is 5.80. The van der Waals surface area contributed by atoms with E-state index in [1.165, 1.54) is 5.56 Å². The van der Waals surface area contributed by atoms with E-state index in [4.69, 9.17) is 11.6 Å². The first-order valence-electron chi connectivity index (χ1n) is 4.82. The van der Waals surface area contributed by atoms with Gasteiger partial charge in [-0.1, -0.05) is 23.7 Å². The number of aromatic nitrogens is 2. The predicted octanol–water partition coefficient (Wildman–Crippen LogP) is 2.72. The zero-order valence-electron chi connectivity index (χ0n) is 8.20. The topological polar surface area (TPSA) is 40.7 Å². The lowest BCUT2D eigenvalue weighted by atomic mass is 10.1. The average molecular weight is 222 g/mol. The first-order chi connectivity index (χ1) is 7.34. The molecule has 1 aromatic heterocycles. The summed E-state index contributed by atoms with van der Waals surface area (Å²) in [6, 6.07) is 7.88. The van der Waals surface area contributed by atoms with E-state index in [0.29, 0.717) is 0 Å². The first-order valence-corrected chi connectivity index (χ1v) is 5.20. The van der Waals surface area contributed by atoms with Crippen molar-refractivity contribution in [3.05, 3.63) is 47.2 Å². The number of nitrogens with zero attached hydrogens (tertiary/aromatic N) is 1. The van der Waals surface area contributed by atoms with Crippen molar-refractivity contribution >= 4 is 17.5 Å². The van der Waals surface area contributed by atoms with Gasteiger partial charge in [-0.25, -0.2) is 4.98 Å². The second-order valence-corrected chi connectivity index (χ2v) is 3.68. The fraction of sp³-hybridized carbons (Fsp3) is 0.182. The standard InChI is InChI=1S/C11H12ClN3/c12-10-3-1-9(2-4-10)5-6-13-11-14-7-8-15-11/h1-4,7-8H,5-6H2,(H2,13,14,15). The average Bonchev–Trinajstić information content (AvgIpc) is 2.74. The second-order valence-electron chi connectivity index (χ2n) is 3.24. The van der Waals surface area contributed by atoms with Crippen molar-refractivity contribution in [3.63, 3.8) is 0 Å². The third kappa shape index (κ3) is 2.99. The molecule has 15 heavy (non-hydrogen) atoms. The van der Waals surface area contributed by atoms with Crippen molar-refractivity contribution in [2.75, 3.05) is 11.9 Å². The van der Waals surface area contributed by atoms with E-state index in [9.17, 15) is 0 Å². The van der Waals surface area contributed by atoms with Gasteiger partial charge < -0.3 is 10.3 Å². The van der Waals surface area contributed by atoms with Gasteiger partial charge in [-0.2, -0.15) is 0 Å². The maximum absolute atomic E-state index is 5.80. The number of nitrogens with one attached hydrogen (secondary N) is 2. The number of anilines is 1. The number of halogens is 1. The van der Waals surface area contributed by atoms with Crippen molar-refractivity contribution in [2.45, 2.75) is 6.42 Å². The molecule has 4 heteroatoms. The summed E-state index contributed by atoms with van der Waals surface area (Å²) in [4.78, 5) is 7.06. The molecule has 3 nitrogen and oxygen atoms in total.